The molecule has 4 nitrogen and oxygen atoms in total. The topological polar surface area (TPSA) is 47.8 Å². The summed E-state index contributed by atoms with van der Waals surface area (Å²) in [6.07, 6.45) is -0.880. The quantitative estimate of drug-likeness (QED) is 0.694. The molecule has 0 saturated heterocycles. The summed E-state index contributed by atoms with van der Waals surface area (Å²) >= 11 is 1.33. The monoisotopic (exact) mass is 313 g/mol. The van der Waals surface area contributed by atoms with Gasteiger partial charge >= 0.3 is 0 Å². The molecule has 2 aromatic heterocycles. The maximum Gasteiger partial charge on any atom is 0.241 e. The number of carbonyl (C=O) groups excluding carboxylic acids is 1. The Bertz CT molecular complexity index is 813. The van der Waals surface area contributed by atoms with Gasteiger partial charge in [0.2, 0.25) is 11.6 Å². The fraction of sp³-hybridized carbons (Fsp3) is 0.188. The molecule has 0 saturated carbocycles. The number of rotatable bonds is 3. The van der Waals surface area contributed by atoms with Gasteiger partial charge in [-0.1, -0.05) is 36.4 Å². The molecule has 2 atom stereocenters. The van der Waals surface area contributed by atoms with Gasteiger partial charge in [-0.05, 0) is 17.0 Å². The van der Waals surface area contributed by atoms with Crippen LogP contribution in [0, 0.1) is 0 Å². The van der Waals surface area contributed by atoms with Crippen LogP contribution in [-0.2, 0) is 0 Å². The van der Waals surface area contributed by atoms with Crippen molar-refractivity contribution in [1.82, 2.24) is 14.8 Å². The standard InChI is InChI=1S/C16H12FN3OS/c17-11-9-12(10-5-2-1-3-6-10)20-16(11)18-15(19-20)14(21)13-7-4-8-22-13/h1-8,11-12H,9H2/t11-,12-/m0/s1. The molecule has 4 rings (SSSR count). The summed E-state index contributed by atoms with van der Waals surface area (Å²) in [7, 11) is 0. The highest BCUT2D eigenvalue weighted by molar-refractivity contribution is 7.12. The number of hydrogen-bond donors (Lipinski definition) is 0. The average Bonchev–Trinajstić information content (AvgIpc) is 3.25. The van der Waals surface area contributed by atoms with Crippen LogP contribution >= 0.6 is 11.3 Å². The molecule has 3 aromatic rings. The molecule has 0 fully saturated rings. The van der Waals surface area contributed by atoms with Gasteiger partial charge in [0.25, 0.3) is 0 Å². The predicted octanol–water partition coefficient (Wildman–Crippen LogP) is 3.57. The number of alkyl halides is 1. The van der Waals surface area contributed by atoms with Crippen molar-refractivity contribution in [3.8, 4) is 0 Å². The van der Waals surface area contributed by atoms with Crippen LogP contribution in [0.3, 0.4) is 0 Å². The highest BCUT2D eigenvalue weighted by atomic mass is 32.1. The minimum absolute atomic E-state index is 0.0701. The largest absolute Gasteiger partial charge is 0.284 e. The van der Waals surface area contributed by atoms with Crippen LogP contribution < -0.4 is 0 Å². The lowest BCUT2D eigenvalue weighted by Gasteiger charge is -2.11. The Balaban J connectivity index is 1.73. The van der Waals surface area contributed by atoms with E-state index in [-0.39, 0.29) is 23.5 Å². The van der Waals surface area contributed by atoms with Crippen molar-refractivity contribution >= 4 is 17.1 Å². The van der Waals surface area contributed by atoms with Crippen molar-refractivity contribution in [3.05, 3.63) is 69.9 Å². The van der Waals surface area contributed by atoms with Gasteiger partial charge in [0, 0.05) is 6.42 Å². The van der Waals surface area contributed by atoms with Gasteiger partial charge in [-0.15, -0.1) is 16.4 Å². The Morgan fingerprint density at radius 2 is 2.05 bits per heavy atom. The highest BCUT2D eigenvalue weighted by Gasteiger charge is 2.36. The van der Waals surface area contributed by atoms with Gasteiger partial charge in [-0.3, -0.25) is 4.79 Å². The lowest BCUT2D eigenvalue weighted by Crippen LogP contribution is -2.09. The molecule has 1 aromatic carbocycles. The first-order valence-electron chi connectivity index (χ1n) is 6.97. The number of benzene rings is 1. The van der Waals surface area contributed by atoms with Gasteiger partial charge in [-0.2, -0.15) is 0 Å². The maximum absolute atomic E-state index is 14.2. The zero-order chi connectivity index (χ0) is 15.1. The van der Waals surface area contributed by atoms with E-state index in [4.69, 9.17) is 0 Å². The van der Waals surface area contributed by atoms with E-state index >= 15 is 0 Å². The predicted molar refractivity (Wildman–Crippen MR) is 80.8 cm³/mol. The summed E-state index contributed by atoms with van der Waals surface area (Å²) in [5.41, 5.74) is 0.976. The van der Waals surface area contributed by atoms with Crippen molar-refractivity contribution in [2.45, 2.75) is 18.6 Å². The molecule has 0 aliphatic carbocycles. The SMILES string of the molecule is O=C(c1nc2n(n1)[C@H](c1ccccc1)C[C@@H]2F)c1cccs1. The third kappa shape index (κ3) is 2.07. The summed E-state index contributed by atoms with van der Waals surface area (Å²) in [6, 6.07) is 12.9. The third-order valence-corrected chi connectivity index (χ3v) is 4.66. The number of ketones is 1. The molecule has 0 bridgehead atoms. The van der Waals surface area contributed by atoms with Crippen LogP contribution in [0.4, 0.5) is 4.39 Å². The second-order valence-corrected chi connectivity index (χ2v) is 6.12. The van der Waals surface area contributed by atoms with Crippen LogP contribution in [0.15, 0.2) is 47.8 Å². The van der Waals surface area contributed by atoms with E-state index in [9.17, 15) is 9.18 Å². The normalized spacial score (nSPS) is 20.0. The maximum atomic E-state index is 14.2. The van der Waals surface area contributed by atoms with Crippen LogP contribution in [0.25, 0.3) is 0 Å². The highest BCUT2D eigenvalue weighted by Crippen LogP contribution is 2.39. The molecule has 1 aliphatic rings. The van der Waals surface area contributed by atoms with Crippen molar-refractivity contribution in [1.29, 1.82) is 0 Å². The summed E-state index contributed by atoms with van der Waals surface area (Å²) in [6.45, 7) is 0. The van der Waals surface area contributed by atoms with E-state index < -0.39 is 6.17 Å². The number of aromatic nitrogens is 3. The molecular weight excluding hydrogens is 301 g/mol. The summed E-state index contributed by atoms with van der Waals surface area (Å²) in [5.74, 6) is 0.0606. The van der Waals surface area contributed by atoms with Crippen molar-refractivity contribution in [3.63, 3.8) is 0 Å². The summed E-state index contributed by atoms with van der Waals surface area (Å²) in [4.78, 5) is 17.0. The molecule has 22 heavy (non-hydrogen) atoms. The molecule has 6 heteroatoms. The van der Waals surface area contributed by atoms with E-state index in [1.807, 2.05) is 35.7 Å². The Hall–Kier alpha value is -2.34. The Labute approximate surface area is 130 Å². The van der Waals surface area contributed by atoms with E-state index in [2.05, 4.69) is 10.1 Å². The lowest BCUT2D eigenvalue weighted by atomic mass is 10.0. The minimum atomic E-state index is -1.19. The first-order valence-corrected chi connectivity index (χ1v) is 7.85. The van der Waals surface area contributed by atoms with Gasteiger partial charge in [-0.25, -0.2) is 14.1 Å². The number of nitrogens with zero attached hydrogens (tertiary/aromatic N) is 3. The Morgan fingerprint density at radius 3 is 2.77 bits per heavy atom. The van der Waals surface area contributed by atoms with E-state index in [1.54, 1.807) is 16.8 Å². The zero-order valence-corrected chi connectivity index (χ0v) is 12.3. The summed E-state index contributed by atoms with van der Waals surface area (Å²) < 4.78 is 15.8. The molecule has 0 radical (unpaired) electrons. The van der Waals surface area contributed by atoms with Crippen molar-refractivity contribution in [2.24, 2.45) is 0 Å². The average molecular weight is 313 g/mol. The molecule has 110 valence electrons. The number of thiophene rings is 1. The fourth-order valence-corrected chi connectivity index (χ4v) is 3.41. The lowest BCUT2D eigenvalue weighted by molar-refractivity contribution is 0.103. The zero-order valence-electron chi connectivity index (χ0n) is 11.5. The Kier molecular flexibility index (Phi) is 3.11. The van der Waals surface area contributed by atoms with E-state index in [1.165, 1.54) is 11.3 Å². The van der Waals surface area contributed by atoms with E-state index in [0.29, 0.717) is 11.3 Å². The second-order valence-electron chi connectivity index (χ2n) is 5.17. The number of carbonyl (C=O) groups is 1. The van der Waals surface area contributed by atoms with Crippen LogP contribution in [0.2, 0.25) is 0 Å². The molecule has 0 amide bonds. The van der Waals surface area contributed by atoms with Crippen LogP contribution in [-0.4, -0.2) is 20.5 Å². The molecule has 3 heterocycles. The number of halogens is 1. The third-order valence-electron chi connectivity index (χ3n) is 3.80. The molecule has 0 spiro atoms. The first kappa shape index (κ1) is 13.3. The number of fused-ring (bicyclic) bond motifs is 1. The van der Waals surface area contributed by atoms with Crippen molar-refractivity contribution < 1.29 is 9.18 Å². The Morgan fingerprint density at radius 1 is 1.23 bits per heavy atom. The number of hydrogen-bond acceptors (Lipinski definition) is 4. The molecule has 0 unspecified atom stereocenters. The minimum Gasteiger partial charge on any atom is -0.284 e. The van der Waals surface area contributed by atoms with Gasteiger partial charge in [0.15, 0.2) is 12.0 Å². The first-order chi connectivity index (χ1) is 10.7. The fourth-order valence-electron chi connectivity index (χ4n) is 2.75. The van der Waals surface area contributed by atoms with Crippen LogP contribution in [0.5, 0.6) is 0 Å². The van der Waals surface area contributed by atoms with Crippen molar-refractivity contribution in [2.75, 3.05) is 0 Å². The van der Waals surface area contributed by atoms with E-state index in [0.717, 1.165) is 5.56 Å². The van der Waals surface area contributed by atoms with Gasteiger partial charge < -0.3 is 0 Å². The molecular formula is C16H12FN3OS. The summed E-state index contributed by atoms with van der Waals surface area (Å²) in [5, 5.41) is 6.10. The van der Waals surface area contributed by atoms with Gasteiger partial charge in [0.05, 0.1) is 10.9 Å². The second kappa shape index (κ2) is 5.14. The molecule has 0 N–H and O–H groups in total. The van der Waals surface area contributed by atoms with Gasteiger partial charge in [0.1, 0.15) is 0 Å². The smallest absolute Gasteiger partial charge is 0.241 e. The van der Waals surface area contributed by atoms with Crippen LogP contribution in [0.1, 0.15) is 45.5 Å². The molecule has 1 aliphatic heterocycles.